The summed E-state index contributed by atoms with van der Waals surface area (Å²) in [5.74, 6) is 1.97. The van der Waals surface area contributed by atoms with Crippen LogP contribution in [-0.2, 0) is 6.42 Å². The van der Waals surface area contributed by atoms with Crippen molar-refractivity contribution in [2.45, 2.75) is 20.3 Å². The van der Waals surface area contributed by atoms with Gasteiger partial charge in [-0.25, -0.2) is 9.97 Å². The van der Waals surface area contributed by atoms with Crippen molar-refractivity contribution in [2.24, 2.45) is 0 Å². The van der Waals surface area contributed by atoms with Crippen molar-refractivity contribution < 1.29 is 0 Å². The number of anilines is 2. The molecule has 0 saturated heterocycles. The lowest BCUT2D eigenvalue weighted by Gasteiger charge is -2.08. The number of rotatable bonds is 4. The van der Waals surface area contributed by atoms with Gasteiger partial charge in [0.15, 0.2) is 0 Å². The summed E-state index contributed by atoms with van der Waals surface area (Å²) in [4.78, 5) is 8.33. The van der Waals surface area contributed by atoms with Crippen LogP contribution in [-0.4, -0.2) is 16.5 Å². The first-order valence-electron chi connectivity index (χ1n) is 6.04. The van der Waals surface area contributed by atoms with E-state index in [0.29, 0.717) is 11.6 Å². The highest BCUT2D eigenvalue weighted by atomic mass is 15.0. The van der Waals surface area contributed by atoms with Crippen molar-refractivity contribution in [1.82, 2.24) is 9.97 Å². The Bertz CT molecular complexity index is 517. The highest BCUT2D eigenvalue weighted by molar-refractivity contribution is 5.44. The molecule has 94 valence electrons. The van der Waals surface area contributed by atoms with E-state index in [1.807, 2.05) is 6.92 Å². The summed E-state index contributed by atoms with van der Waals surface area (Å²) in [7, 11) is 0. The van der Waals surface area contributed by atoms with Gasteiger partial charge in [-0.2, -0.15) is 0 Å². The normalized spacial score (nSPS) is 10.3. The van der Waals surface area contributed by atoms with Crippen LogP contribution in [0.1, 0.15) is 17.0 Å². The van der Waals surface area contributed by atoms with Crippen LogP contribution in [0.5, 0.6) is 0 Å². The molecule has 3 N–H and O–H groups in total. The van der Waals surface area contributed by atoms with Crippen LogP contribution < -0.4 is 11.1 Å². The summed E-state index contributed by atoms with van der Waals surface area (Å²) in [6, 6.07) is 10.2. The number of nitrogens with two attached hydrogens (primary N) is 1. The molecule has 1 heterocycles. The van der Waals surface area contributed by atoms with Crippen molar-refractivity contribution in [2.75, 3.05) is 17.6 Å². The second kappa shape index (κ2) is 5.49. The molecule has 0 atom stereocenters. The molecule has 4 heteroatoms. The molecule has 1 aromatic heterocycles. The van der Waals surface area contributed by atoms with Gasteiger partial charge in [-0.15, -0.1) is 0 Å². The maximum atomic E-state index is 5.68. The second-order valence-electron chi connectivity index (χ2n) is 4.33. The van der Waals surface area contributed by atoms with Crippen molar-refractivity contribution in [1.29, 1.82) is 0 Å². The molecule has 4 nitrogen and oxygen atoms in total. The molecule has 0 spiro atoms. The molecule has 2 aromatic rings. The third kappa shape index (κ3) is 3.20. The number of hydrogen-bond acceptors (Lipinski definition) is 4. The standard InChI is InChI=1S/C14H18N4/c1-10-5-3-4-6-12(10)7-8-16-14-9-13(15)17-11(2)18-14/h3-6,9H,7-8H2,1-2H3,(H3,15,16,17,18). The minimum Gasteiger partial charge on any atom is -0.384 e. The van der Waals surface area contributed by atoms with Gasteiger partial charge >= 0.3 is 0 Å². The molecular weight excluding hydrogens is 224 g/mol. The number of benzene rings is 1. The van der Waals surface area contributed by atoms with Crippen molar-refractivity contribution in [3.05, 3.63) is 47.3 Å². The molecule has 0 radical (unpaired) electrons. The summed E-state index contributed by atoms with van der Waals surface area (Å²) in [5.41, 5.74) is 8.34. The van der Waals surface area contributed by atoms with Gasteiger partial charge in [0.05, 0.1) is 0 Å². The van der Waals surface area contributed by atoms with Crippen LogP contribution in [0.15, 0.2) is 30.3 Å². The maximum absolute atomic E-state index is 5.68. The Morgan fingerprint density at radius 1 is 1.17 bits per heavy atom. The predicted octanol–water partition coefficient (Wildman–Crippen LogP) is 2.33. The molecule has 0 aliphatic heterocycles. The zero-order valence-corrected chi connectivity index (χ0v) is 10.8. The molecule has 1 aromatic carbocycles. The number of aryl methyl sites for hydroxylation is 2. The van der Waals surface area contributed by atoms with Gasteiger partial charge < -0.3 is 11.1 Å². The SMILES string of the molecule is Cc1nc(N)cc(NCCc2ccccc2C)n1. The van der Waals surface area contributed by atoms with Crippen LogP contribution in [0.2, 0.25) is 0 Å². The van der Waals surface area contributed by atoms with E-state index < -0.39 is 0 Å². The fraction of sp³-hybridized carbons (Fsp3) is 0.286. The smallest absolute Gasteiger partial charge is 0.131 e. The zero-order valence-electron chi connectivity index (χ0n) is 10.8. The minimum atomic E-state index is 0.501. The Hall–Kier alpha value is -2.10. The minimum absolute atomic E-state index is 0.501. The van der Waals surface area contributed by atoms with Gasteiger partial charge in [0.1, 0.15) is 17.5 Å². The quantitative estimate of drug-likeness (QED) is 0.863. The number of hydrogen-bond donors (Lipinski definition) is 2. The summed E-state index contributed by atoms with van der Waals surface area (Å²) in [5, 5.41) is 3.27. The van der Waals surface area contributed by atoms with E-state index in [-0.39, 0.29) is 0 Å². The van der Waals surface area contributed by atoms with Gasteiger partial charge in [-0.05, 0) is 31.4 Å². The average molecular weight is 242 g/mol. The predicted molar refractivity (Wildman–Crippen MR) is 74.6 cm³/mol. The molecule has 0 unspecified atom stereocenters. The number of nitrogens with zero attached hydrogens (tertiary/aromatic N) is 2. The Labute approximate surface area is 107 Å². The number of aromatic nitrogens is 2. The first-order chi connectivity index (χ1) is 8.65. The van der Waals surface area contributed by atoms with Crippen molar-refractivity contribution >= 4 is 11.6 Å². The second-order valence-corrected chi connectivity index (χ2v) is 4.33. The number of nitrogens with one attached hydrogen (secondary N) is 1. The van der Waals surface area contributed by atoms with Crippen molar-refractivity contribution in [3.63, 3.8) is 0 Å². The molecule has 0 bridgehead atoms. The molecule has 2 rings (SSSR count). The van der Waals surface area contributed by atoms with Gasteiger partial charge in [-0.3, -0.25) is 0 Å². The van der Waals surface area contributed by atoms with E-state index in [2.05, 4.69) is 46.5 Å². The molecule has 18 heavy (non-hydrogen) atoms. The Kier molecular flexibility index (Phi) is 3.77. The highest BCUT2D eigenvalue weighted by Crippen LogP contribution is 2.10. The third-order valence-electron chi connectivity index (χ3n) is 2.82. The average Bonchev–Trinajstić information content (AvgIpc) is 2.30. The van der Waals surface area contributed by atoms with Crippen LogP contribution in [0.4, 0.5) is 11.6 Å². The van der Waals surface area contributed by atoms with Gasteiger partial charge in [-0.1, -0.05) is 24.3 Å². The van der Waals surface area contributed by atoms with E-state index in [0.717, 1.165) is 18.8 Å². The van der Waals surface area contributed by atoms with E-state index in [1.54, 1.807) is 6.07 Å². The maximum Gasteiger partial charge on any atom is 0.131 e. The van der Waals surface area contributed by atoms with Crippen LogP contribution in [0.25, 0.3) is 0 Å². The lowest BCUT2D eigenvalue weighted by molar-refractivity contribution is 0.975. The van der Waals surface area contributed by atoms with E-state index in [4.69, 9.17) is 5.73 Å². The molecule has 0 aliphatic carbocycles. The van der Waals surface area contributed by atoms with Crippen LogP contribution in [0, 0.1) is 13.8 Å². The van der Waals surface area contributed by atoms with Gasteiger partial charge in [0.2, 0.25) is 0 Å². The molecular formula is C14H18N4. The summed E-state index contributed by atoms with van der Waals surface area (Å²) in [6.07, 6.45) is 0.968. The summed E-state index contributed by atoms with van der Waals surface area (Å²) >= 11 is 0. The lowest BCUT2D eigenvalue weighted by atomic mass is 10.1. The Balaban J connectivity index is 1.94. The molecule has 0 aliphatic rings. The van der Waals surface area contributed by atoms with E-state index >= 15 is 0 Å². The highest BCUT2D eigenvalue weighted by Gasteiger charge is 2.00. The Morgan fingerprint density at radius 2 is 1.94 bits per heavy atom. The largest absolute Gasteiger partial charge is 0.384 e. The molecule has 0 saturated carbocycles. The van der Waals surface area contributed by atoms with Crippen LogP contribution in [0.3, 0.4) is 0 Å². The fourth-order valence-electron chi connectivity index (χ4n) is 1.90. The first kappa shape index (κ1) is 12.4. The van der Waals surface area contributed by atoms with Gasteiger partial charge in [0, 0.05) is 12.6 Å². The van der Waals surface area contributed by atoms with E-state index in [1.165, 1.54) is 11.1 Å². The first-order valence-corrected chi connectivity index (χ1v) is 6.04. The molecule has 0 fully saturated rings. The monoisotopic (exact) mass is 242 g/mol. The molecule has 0 amide bonds. The fourth-order valence-corrected chi connectivity index (χ4v) is 1.90. The number of nitrogen functional groups attached to an aromatic ring is 1. The summed E-state index contributed by atoms with van der Waals surface area (Å²) in [6.45, 7) is 4.80. The Morgan fingerprint density at radius 3 is 2.67 bits per heavy atom. The van der Waals surface area contributed by atoms with Crippen LogP contribution >= 0.6 is 0 Å². The third-order valence-corrected chi connectivity index (χ3v) is 2.82. The van der Waals surface area contributed by atoms with E-state index in [9.17, 15) is 0 Å². The zero-order chi connectivity index (χ0) is 13.0. The lowest BCUT2D eigenvalue weighted by Crippen LogP contribution is -2.09. The summed E-state index contributed by atoms with van der Waals surface area (Å²) < 4.78 is 0. The topological polar surface area (TPSA) is 63.8 Å². The van der Waals surface area contributed by atoms with Gasteiger partial charge in [0.25, 0.3) is 0 Å². The van der Waals surface area contributed by atoms with Crippen molar-refractivity contribution in [3.8, 4) is 0 Å².